The summed E-state index contributed by atoms with van der Waals surface area (Å²) >= 11 is 0. The molecule has 0 aromatic heterocycles. The van der Waals surface area contributed by atoms with Gasteiger partial charge in [-0.05, 0) is 27.7 Å². The van der Waals surface area contributed by atoms with Crippen LogP contribution in [0.15, 0.2) is 36.5 Å². The normalized spacial score (nSPS) is 14.0. The highest BCUT2D eigenvalue weighted by Gasteiger charge is 2.45. The molecule has 3 heteroatoms. The number of ketones is 1. The van der Waals surface area contributed by atoms with Gasteiger partial charge in [-0.15, -0.1) is 0 Å². The van der Waals surface area contributed by atoms with E-state index in [-0.39, 0.29) is 5.78 Å². The average Bonchev–Trinajstić information content (AvgIpc) is 2.26. The van der Waals surface area contributed by atoms with Gasteiger partial charge in [0.05, 0.1) is 0 Å². The lowest BCUT2D eigenvalue weighted by Gasteiger charge is -2.12. The van der Waals surface area contributed by atoms with Gasteiger partial charge >= 0.3 is 7.80 Å². The van der Waals surface area contributed by atoms with E-state index in [0.29, 0.717) is 11.7 Å². The monoisotopic (exact) mass is 239 g/mol. The van der Waals surface area contributed by atoms with E-state index < -0.39 is 13.0 Å². The zero-order chi connectivity index (χ0) is 12.8. The molecule has 0 aliphatic heterocycles. The number of carbonyl (C=O) groups is 1. The molecule has 0 heterocycles. The van der Waals surface area contributed by atoms with Crippen molar-refractivity contribution in [1.82, 2.24) is 0 Å². The van der Waals surface area contributed by atoms with Gasteiger partial charge in [0.1, 0.15) is 6.16 Å². The van der Waals surface area contributed by atoms with Crippen molar-refractivity contribution in [3.8, 4) is 0 Å². The van der Waals surface area contributed by atoms with E-state index in [4.69, 9.17) is 0 Å². The molecule has 0 radical (unpaired) electrons. The SMILES string of the molecule is C=C/C=C(\C=C/C)C(=O)C(C)(C)[P+](=O)CC. The first-order chi connectivity index (χ1) is 7.41. The average molecular weight is 239 g/mol. The van der Waals surface area contributed by atoms with Gasteiger partial charge in [0.25, 0.3) is 0 Å². The molecule has 88 valence electrons. The third-order valence-corrected chi connectivity index (χ3v) is 4.40. The Balaban J connectivity index is 5.23. The van der Waals surface area contributed by atoms with Gasteiger partial charge in [-0.1, -0.05) is 35.4 Å². The molecule has 0 rings (SSSR count). The summed E-state index contributed by atoms with van der Waals surface area (Å²) < 4.78 is 11.8. The molecule has 0 saturated heterocycles. The van der Waals surface area contributed by atoms with Gasteiger partial charge < -0.3 is 0 Å². The summed E-state index contributed by atoms with van der Waals surface area (Å²) in [5.41, 5.74) is 0.555. The summed E-state index contributed by atoms with van der Waals surface area (Å²) in [4.78, 5) is 12.2. The maximum Gasteiger partial charge on any atom is 0.352 e. The predicted octanol–water partition coefficient (Wildman–Crippen LogP) is 3.87. The van der Waals surface area contributed by atoms with E-state index in [2.05, 4.69) is 6.58 Å². The minimum atomic E-state index is -1.52. The molecular weight excluding hydrogens is 219 g/mol. The second-order valence-electron chi connectivity index (χ2n) is 3.94. The predicted molar refractivity (Wildman–Crippen MR) is 70.3 cm³/mol. The third kappa shape index (κ3) is 3.53. The summed E-state index contributed by atoms with van der Waals surface area (Å²) in [5.74, 6) is -0.0894. The second-order valence-corrected chi connectivity index (χ2v) is 6.45. The van der Waals surface area contributed by atoms with Crippen LogP contribution < -0.4 is 0 Å². The standard InChI is InChI=1S/C13H20O2P/c1-6-9-11(10-7-2)12(14)13(4,5)16(15)8-3/h6-7,9-10H,1,8H2,2-5H3/q+1/b10-7-,11-9+. The number of allylic oxidation sites excluding steroid dienone is 5. The Hall–Kier alpha value is -1.01. The van der Waals surface area contributed by atoms with Gasteiger partial charge in [-0.25, -0.2) is 0 Å². The number of hydrogen-bond acceptors (Lipinski definition) is 2. The Morgan fingerprint density at radius 1 is 1.44 bits per heavy atom. The summed E-state index contributed by atoms with van der Waals surface area (Å²) in [6.07, 6.45) is 7.27. The first kappa shape index (κ1) is 15.0. The second kappa shape index (κ2) is 6.55. The highest BCUT2D eigenvalue weighted by atomic mass is 31.1. The molecule has 0 aliphatic rings. The Labute approximate surface area is 98.9 Å². The van der Waals surface area contributed by atoms with Crippen molar-refractivity contribution in [3.63, 3.8) is 0 Å². The van der Waals surface area contributed by atoms with Crippen LogP contribution in [0.25, 0.3) is 0 Å². The quantitative estimate of drug-likeness (QED) is 0.400. The van der Waals surface area contributed by atoms with Crippen molar-refractivity contribution in [3.05, 3.63) is 36.5 Å². The number of carbonyl (C=O) groups excluding carboxylic acids is 1. The molecule has 1 atom stereocenters. The Morgan fingerprint density at radius 3 is 2.38 bits per heavy atom. The van der Waals surface area contributed by atoms with Crippen LogP contribution in [0, 0.1) is 0 Å². The minimum Gasteiger partial charge on any atom is -0.289 e. The van der Waals surface area contributed by atoms with E-state index in [1.807, 2.05) is 13.8 Å². The fourth-order valence-corrected chi connectivity index (χ4v) is 2.52. The van der Waals surface area contributed by atoms with Crippen molar-refractivity contribution >= 4 is 13.6 Å². The first-order valence-electron chi connectivity index (χ1n) is 5.36. The maximum atomic E-state index is 12.2. The fraction of sp³-hybridized carbons (Fsp3) is 0.462. The van der Waals surface area contributed by atoms with Gasteiger partial charge in [-0.2, -0.15) is 0 Å². The molecule has 0 amide bonds. The van der Waals surface area contributed by atoms with Crippen LogP contribution in [0.2, 0.25) is 0 Å². The molecule has 0 saturated carbocycles. The first-order valence-corrected chi connectivity index (χ1v) is 6.81. The Kier molecular flexibility index (Phi) is 6.13. The van der Waals surface area contributed by atoms with Crippen molar-refractivity contribution in [2.45, 2.75) is 32.9 Å². The van der Waals surface area contributed by atoms with Crippen LogP contribution in [0.4, 0.5) is 0 Å². The third-order valence-electron chi connectivity index (χ3n) is 2.37. The molecular formula is C13H20O2P+. The van der Waals surface area contributed by atoms with Crippen LogP contribution in [-0.2, 0) is 9.36 Å². The summed E-state index contributed by atoms with van der Waals surface area (Å²) in [6, 6.07) is 0. The van der Waals surface area contributed by atoms with Crippen molar-refractivity contribution < 1.29 is 9.36 Å². The minimum absolute atomic E-state index is 0.0894. The van der Waals surface area contributed by atoms with Crippen molar-refractivity contribution in [2.75, 3.05) is 6.16 Å². The Morgan fingerprint density at radius 2 is 2.00 bits per heavy atom. The van der Waals surface area contributed by atoms with E-state index in [1.54, 1.807) is 38.2 Å². The summed E-state index contributed by atoms with van der Waals surface area (Å²) in [5, 5.41) is -0.807. The highest BCUT2D eigenvalue weighted by Crippen LogP contribution is 2.40. The summed E-state index contributed by atoms with van der Waals surface area (Å²) in [6.45, 7) is 10.7. The fourth-order valence-electron chi connectivity index (χ4n) is 1.38. The van der Waals surface area contributed by atoms with E-state index >= 15 is 0 Å². The largest absolute Gasteiger partial charge is 0.352 e. The lowest BCUT2D eigenvalue weighted by atomic mass is 9.99. The van der Waals surface area contributed by atoms with Gasteiger partial charge in [0.15, 0.2) is 0 Å². The molecule has 1 unspecified atom stereocenters. The molecule has 0 fully saturated rings. The van der Waals surface area contributed by atoms with Crippen LogP contribution in [0.5, 0.6) is 0 Å². The zero-order valence-electron chi connectivity index (χ0n) is 10.5. The van der Waals surface area contributed by atoms with E-state index in [1.165, 1.54) is 0 Å². The molecule has 0 aliphatic carbocycles. The highest BCUT2D eigenvalue weighted by molar-refractivity contribution is 7.47. The molecule has 0 N–H and O–H groups in total. The van der Waals surface area contributed by atoms with Crippen LogP contribution in [0.1, 0.15) is 27.7 Å². The molecule has 0 bridgehead atoms. The zero-order valence-corrected chi connectivity index (χ0v) is 11.4. The lowest BCUT2D eigenvalue weighted by molar-refractivity contribution is -0.116. The van der Waals surface area contributed by atoms with E-state index in [9.17, 15) is 9.36 Å². The molecule has 0 aromatic rings. The van der Waals surface area contributed by atoms with Gasteiger partial charge in [0, 0.05) is 5.57 Å². The lowest BCUT2D eigenvalue weighted by Crippen LogP contribution is -2.29. The van der Waals surface area contributed by atoms with Crippen LogP contribution in [-0.4, -0.2) is 17.1 Å². The van der Waals surface area contributed by atoms with Gasteiger partial charge in [-0.3, -0.25) is 4.79 Å². The van der Waals surface area contributed by atoms with Crippen LogP contribution >= 0.6 is 7.80 Å². The molecule has 2 nitrogen and oxygen atoms in total. The summed E-state index contributed by atoms with van der Waals surface area (Å²) in [7, 11) is -1.52. The number of hydrogen-bond donors (Lipinski definition) is 0. The Bertz CT molecular complexity index is 349. The van der Waals surface area contributed by atoms with Crippen molar-refractivity contribution in [1.29, 1.82) is 0 Å². The smallest absolute Gasteiger partial charge is 0.289 e. The molecule has 16 heavy (non-hydrogen) atoms. The molecule has 0 spiro atoms. The number of rotatable bonds is 6. The molecule has 0 aromatic carbocycles. The maximum absolute atomic E-state index is 12.2. The van der Waals surface area contributed by atoms with E-state index in [0.717, 1.165) is 0 Å². The number of Topliss-reactive ketones (excluding diaryl/α,β-unsaturated/α-hetero) is 1. The van der Waals surface area contributed by atoms with Gasteiger partial charge in [0.2, 0.25) is 10.9 Å². The van der Waals surface area contributed by atoms with Crippen LogP contribution in [0.3, 0.4) is 0 Å². The van der Waals surface area contributed by atoms with Crippen molar-refractivity contribution in [2.24, 2.45) is 0 Å². The topological polar surface area (TPSA) is 34.1 Å².